The quantitative estimate of drug-likeness (QED) is 0.728. The van der Waals surface area contributed by atoms with Crippen LogP contribution in [0.25, 0.3) is 0 Å². The lowest BCUT2D eigenvalue weighted by atomic mass is 10.0. The first-order valence-corrected chi connectivity index (χ1v) is 9.10. The Balaban J connectivity index is 2.18. The van der Waals surface area contributed by atoms with Gasteiger partial charge in [-0.05, 0) is 17.7 Å². The fourth-order valence-corrected chi connectivity index (χ4v) is 4.12. The summed E-state index contributed by atoms with van der Waals surface area (Å²) in [6, 6.07) is 10.1. The van der Waals surface area contributed by atoms with E-state index < -0.39 is 8.07 Å². The van der Waals surface area contributed by atoms with Gasteiger partial charge in [-0.25, -0.2) is 0 Å². The predicted molar refractivity (Wildman–Crippen MR) is 65.8 cm³/mol. The topological polar surface area (TPSA) is 12.0 Å². The second-order valence-electron chi connectivity index (χ2n) is 5.43. The molecule has 0 amide bonds. The third-order valence-corrected chi connectivity index (χ3v) is 4.52. The van der Waals surface area contributed by atoms with Gasteiger partial charge in [-0.1, -0.05) is 37.8 Å². The third kappa shape index (κ3) is 2.00. The number of para-hydroxylation sites is 1. The molecule has 1 aromatic carbocycles. The maximum atomic E-state index is 3.50. The molecule has 2 rings (SSSR count). The van der Waals surface area contributed by atoms with Gasteiger partial charge in [0.1, 0.15) is 0 Å². The fraction of sp³-hybridized carbons (Fsp3) is 0.500. The van der Waals surface area contributed by atoms with Crippen molar-refractivity contribution in [1.82, 2.24) is 0 Å². The Hall–Kier alpha value is -0.763. The van der Waals surface area contributed by atoms with Crippen molar-refractivity contribution in [2.75, 3.05) is 11.9 Å². The smallest absolute Gasteiger partial charge is 0.0449 e. The average molecular weight is 205 g/mol. The van der Waals surface area contributed by atoms with Gasteiger partial charge in [-0.2, -0.15) is 0 Å². The number of hydrogen-bond donors (Lipinski definition) is 1. The number of nitrogens with one attached hydrogen (secondary N) is 1. The standard InChI is InChI=1S/C12H19NSi/c1-14(2,3)9-10-8-13-12-7-5-4-6-11(10)12/h4-7,10,13H,8-9H2,1-3H3. The summed E-state index contributed by atoms with van der Waals surface area (Å²) in [4.78, 5) is 0. The number of anilines is 1. The highest BCUT2D eigenvalue weighted by atomic mass is 28.3. The molecule has 0 saturated heterocycles. The summed E-state index contributed by atoms with van der Waals surface area (Å²) in [5.41, 5.74) is 2.89. The highest BCUT2D eigenvalue weighted by molar-refractivity contribution is 6.76. The van der Waals surface area contributed by atoms with E-state index in [1.165, 1.54) is 17.3 Å². The van der Waals surface area contributed by atoms with Gasteiger partial charge < -0.3 is 5.32 Å². The average Bonchev–Trinajstić information content (AvgIpc) is 2.47. The van der Waals surface area contributed by atoms with Crippen molar-refractivity contribution < 1.29 is 0 Å². The van der Waals surface area contributed by atoms with Crippen LogP contribution in [0.2, 0.25) is 25.7 Å². The van der Waals surface area contributed by atoms with Gasteiger partial charge in [0.2, 0.25) is 0 Å². The molecular formula is C12H19NSi. The number of rotatable bonds is 2. The maximum Gasteiger partial charge on any atom is 0.0449 e. The van der Waals surface area contributed by atoms with Gasteiger partial charge in [0.15, 0.2) is 0 Å². The minimum absolute atomic E-state index is 0.762. The van der Waals surface area contributed by atoms with E-state index >= 15 is 0 Å². The van der Waals surface area contributed by atoms with Crippen molar-refractivity contribution in [1.29, 1.82) is 0 Å². The molecule has 0 radical (unpaired) electrons. The Morgan fingerprint density at radius 1 is 1.29 bits per heavy atom. The van der Waals surface area contributed by atoms with Crippen LogP contribution in [-0.4, -0.2) is 14.6 Å². The summed E-state index contributed by atoms with van der Waals surface area (Å²) in [5.74, 6) is 0.762. The molecule has 0 aromatic heterocycles. The zero-order chi connectivity index (χ0) is 10.2. The molecule has 0 spiro atoms. The first-order chi connectivity index (χ1) is 6.56. The van der Waals surface area contributed by atoms with E-state index in [-0.39, 0.29) is 0 Å². The highest BCUT2D eigenvalue weighted by Gasteiger charge is 2.26. The van der Waals surface area contributed by atoms with Crippen LogP contribution in [0.1, 0.15) is 11.5 Å². The van der Waals surface area contributed by atoms with Crippen molar-refractivity contribution in [2.24, 2.45) is 0 Å². The summed E-state index contributed by atoms with van der Waals surface area (Å²) in [6.45, 7) is 8.50. The van der Waals surface area contributed by atoms with Crippen LogP contribution in [0.15, 0.2) is 24.3 Å². The zero-order valence-corrected chi connectivity index (χ0v) is 10.3. The van der Waals surface area contributed by atoms with Gasteiger partial charge in [0, 0.05) is 26.2 Å². The summed E-state index contributed by atoms with van der Waals surface area (Å²) >= 11 is 0. The van der Waals surface area contributed by atoms with Crippen molar-refractivity contribution in [3.63, 3.8) is 0 Å². The van der Waals surface area contributed by atoms with E-state index in [1.807, 2.05) is 0 Å². The van der Waals surface area contributed by atoms with Gasteiger partial charge in [0.05, 0.1) is 0 Å². The van der Waals surface area contributed by atoms with Crippen LogP contribution in [0, 0.1) is 0 Å². The molecule has 1 unspecified atom stereocenters. The Kier molecular flexibility index (Phi) is 2.39. The molecule has 1 aliphatic heterocycles. The van der Waals surface area contributed by atoms with Gasteiger partial charge in [-0.3, -0.25) is 0 Å². The summed E-state index contributed by atoms with van der Waals surface area (Å²) in [6.07, 6.45) is 0. The summed E-state index contributed by atoms with van der Waals surface area (Å²) in [7, 11) is -0.931. The highest BCUT2D eigenvalue weighted by Crippen LogP contribution is 2.36. The lowest BCUT2D eigenvalue weighted by Gasteiger charge is -2.20. The van der Waals surface area contributed by atoms with Crippen molar-refractivity contribution in [2.45, 2.75) is 31.6 Å². The minimum atomic E-state index is -0.931. The third-order valence-electron chi connectivity index (χ3n) is 2.80. The first kappa shape index (κ1) is 9.78. The van der Waals surface area contributed by atoms with Crippen LogP contribution in [0.4, 0.5) is 5.69 Å². The Bertz CT molecular complexity index is 327. The molecule has 76 valence electrons. The molecular weight excluding hydrogens is 186 g/mol. The molecule has 1 N–H and O–H groups in total. The van der Waals surface area contributed by atoms with E-state index in [9.17, 15) is 0 Å². The minimum Gasteiger partial charge on any atom is -0.384 e. The summed E-state index contributed by atoms with van der Waals surface area (Å²) in [5, 5.41) is 3.50. The van der Waals surface area contributed by atoms with Gasteiger partial charge in [0.25, 0.3) is 0 Å². The van der Waals surface area contributed by atoms with E-state index in [0.29, 0.717) is 0 Å². The van der Waals surface area contributed by atoms with Crippen molar-refractivity contribution in [3.8, 4) is 0 Å². The van der Waals surface area contributed by atoms with Crippen LogP contribution in [0.3, 0.4) is 0 Å². The molecule has 1 aliphatic rings. The molecule has 1 heterocycles. The second-order valence-corrected chi connectivity index (χ2v) is 11.0. The van der Waals surface area contributed by atoms with Gasteiger partial charge >= 0.3 is 0 Å². The molecule has 1 atom stereocenters. The number of benzene rings is 1. The van der Waals surface area contributed by atoms with Crippen LogP contribution < -0.4 is 5.32 Å². The Morgan fingerprint density at radius 3 is 2.71 bits per heavy atom. The lowest BCUT2D eigenvalue weighted by Crippen LogP contribution is -2.23. The van der Waals surface area contributed by atoms with Gasteiger partial charge in [-0.15, -0.1) is 0 Å². The fourth-order valence-electron chi connectivity index (χ4n) is 2.28. The second kappa shape index (κ2) is 3.43. The van der Waals surface area contributed by atoms with Crippen LogP contribution >= 0.6 is 0 Å². The summed E-state index contributed by atoms with van der Waals surface area (Å²) < 4.78 is 0. The molecule has 1 nitrogen and oxygen atoms in total. The normalized spacial score (nSPS) is 20.4. The lowest BCUT2D eigenvalue weighted by molar-refractivity contribution is 0.834. The van der Waals surface area contributed by atoms with E-state index in [4.69, 9.17) is 0 Å². The molecule has 0 aliphatic carbocycles. The zero-order valence-electron chi connectivity index (χ0n) is 9.30. The molecule has 2 heteroatoms. The Labute approximate surface area is 87.5 Å². The molecule has 14 heavy (non-hydrogen) atoms. The predicted octanol–water partition coefficient (Wildman–Crippen LogP) is 3.53. The van der Waals surface area contributed by atoms with E-state index in [2.05, 4.69) is 49.2 Å². The molecule has 1 aromatic rings. The maximum absolute atomic E-state index is 3.50. The van der Waals surface area contributed by atoms with E-state index in [0.717, 1.165) is 12.5 Å². The monoisotopic (exact) mass is 205 g/mol. The van der Waals surface area contributed by atoms with Crippen LogP contribution in [0.5, 0.6) is 0 Å². The van der Waals surface area contributed by atoms with Crippen LogP contribution in [-0.2, 0) is 0 Å². The first-order valence-electron chi connectivity index (χ1n) is 5.39. The van der Waals surface area contributed by atoms with E-state index in [1.54, 1.807) is 0 Å². The van der Waals surface area contributed by atoms with Crippen molar-refractivity contribution >= 4 is 13.8 Å². The molecule has 0 bridgehead atoms. The SMILES string of the molecule is C[Si](C)(C)CC1CNc2ccccc21. The largest absolute Gasteiger partial charge is 0.384 e. The van der Waals surface area contributed by atoms with Crippen molar-refractivity contribution in [3.05, 3.63) is 29.8 Å². The number of hydrogen-bond acceptors (Lipinski definition) is 1. The number of fused-ring (bicyclic) bond motifs is 1. The Morgan fingerprint density at radius 2 is 2.00 bits per heavy atom. The molecule has 0 fully saturated rings. The molecule has 0 saturated carbocycles.